The van der Waals surface area contributed by atoms with E-state index in [1.807, 2.05) is 6.07 Å². The molecule has 0 aliphatic rings. The van der Waals surface area contributed by atoms with Crippen LogP contribution in [-0.4, -0.2) is 28.3 Å². The Morgan fingerprint density at radius 2 is 2.19 bits per heavy atom. The summed E-state index contributed by atoms with van der Waals surface area (Å²) in [7, 11) is 0. The van der Waals surface area contributed by atoms with Crippen molar-refractivity contribution in [2.75, 3.05) is 6.54 Å². The number of hydrogen-bond acceptors (Lipinski definition) is 3. The SMILES string of the molecule is CC(C)(C)NCC(O)Cc1ccncc1Cl. The third kappa shape index (κ3) is 4.92. The van der Waals surface area contributed by atoms with Gasteiger partial charge in [-0.05, 0) is 32.4 Å². The summed E-state index contributed by atoms with van der Waals surface area (Å²) >= 11 is 5.96. The van der Waals surface area contributed by atoms with E-state index in [1.165, 1.54) is 0 Å². The van der Waals surface area contributed by atoms with E-state index in [9.17, 15) is 5.11 Å². The maximum atomic E-state index is 9.85. The van der Waals surface area contributed by atoms with Crippen molar-refractivity contribution in [3.63, 3.8) is 0 Å². The fraction of sp³-hybridized carbons (Fsp3) is 0.583. The molecular formula is C12H19ClN2O. The molecule has 0 fully saturated rings. The summed E-state index contributed by atoms with van der Waals surface area (Å²) < 4.78 is 0. The fourth-order valence-corrected chi connectivity index (χ4v) is 1.52. The second-order valence-corrected chi connectivity index (χ2v) is 5.36. The molecule has 0 amide bonds. The molecule has 3 nitrogen and oxygen atoms in total. The molecule has 1 heterocycles. The van der Waals surface area contributed by atoms with E-state index in [0.717, 1.165) is 5.56 Å². The van der Waals surface area contributed by atoms with E-state index in [4.69, 9.17) is 11.6 Å². The maximum Gasteiger partial charge on any atom is 0.0705 e. The van der Waals surface area contributed by atoms with Gasteiger partial charge in [0.15, 0.2) is 0 Å². The van der Waals surface area contributed by atoms with Crippen molar-refractivity contribution in [3.05, 3.63) is 29.0 Å². The minimum Gasteiger partial charge on any atom is -0.391 e. The highest BCUT2D eigenvalue weighted by molar-refractivity contribution is 6.31. The van der Waals surface area contributed by atoms with Gasteiger partial charge in [0.1, 0.15) is 0 Å². The van der Waals surface area contributed by atoms with Crippen LogP contribution in [-0.2, 0) is 6.42 Å². The smallest absolute Gasteiger partial charge is 0.0705 e. The lowest BCUT2D eigenvalue weighted by Gasteiger charge is -2.23. The van der Waals surface area contributed by atoms with Gasteiger partial charge in [-0.25, -0.2) is 0 Å². The summed E-state index contributed by atoms with van der Waals surface area (Å²) in [6.45, 7) is 6.76. The Balaban J connectivity index is 2.46. The van der Waals surface area contributed by atoms with Crippen molar-refractivity contribution in [1.29, 1.82) is 0 Å². The highest BCUT2D eigenvalue weighted by Gasteiger charge is 2.13. The number of β-amino-alcohol motifs (C(OH)–C–C–N with tert-alkyl or cyclic N) is 1. The number of nitrogens with one attached hydrogen (secondary N) is 1. The van der Waals surface area contributed by atoms with Gasteiger partial charge < -0.3 is 10.4 Å². The second-order valence-electron chi connectivity index (χ2n) is 4.96. The van der Waals surface area contributed by atoms with Crippen LogP contribution in [0.4, 0.5) is 0 Å². The van der Waals surface area contributed by atoms with E-state index in [-0.39, 0.29) is 5.54 Å². The number of hydrogen-bond donors (Lipinski definition) is 2. The first-order valence-corrected chi connectivity index (χ1v) is 5.78. The molecule has 0 aliphatic carbocycles. The second kappa shape index (κ2) is 5.62. The quantitative estimate of drug-likeness (QED) is 0.849. The third-order valence-corrected chi connectivity index (χ3v) is 2.52. The molecule has 0 bridgehead atoms. The van der Waals surface area contributed by atoms with Crippen molar-refractivity contribution in [2.24, 2.45) is 0 Å². The number of aromatic nitrogens is 1. The van der Waals surface area contributed by atoms with Crippen LogP contribution < -0.4 is 5.32 Å². The third-order valence-electron chi connectivity index (χ3n) is 2.18. The van der Waals surface area contributed by atoms with Crippen LogP contribution in [0.1, 0.15) is 26.3 Å². The fourth-order valence-electron chi connectivity index (χ4n) is 1.32. The van der Waals surface area contributed by atoms with Gasteiger partial charge >= 0.3 is 0 Å². The Labute approximate surface area is 102 Å². The predicted octanol–water partition coefficient (Wildman–Crippen LogP) is 2.03. The van der Waals surface area contributed by atoms with Crippen molar-refractivity contribution in [1.82, 2.24) is 10.3 Å². The molecule has 2 N–H and O–H groups in total. The normalized spacial score (nSPS) is 13.8. The van der Waals surface area contributed by atoms with Crippen molar-refractivity contribution in [2.45, 2.75) is 38.8 Å². The zero-order chi connectivity index (χ0) is 12.2. The molecule has 16 heavy (non-hydrogen) atoms. The average Bonchev–Trinajstić information content (AvgIpc) is 2.18. The van der Waals surface area contributed by atoms with E-state index in [1.54, 1.807) is 12.4 Å². The van der Waals surface area contributed by atoms with Crippen molar-refractivity contribution in [3.8, 4) is 0 Å². The van der Waals surface area contributed by atoms with Crippen LogP contribution in [0, 0.1) is 0 Å². The molecular weight excluding hydrogens is 224 g/mol. The van der Waals surface area contributed by atoms with E-state index >= 15 is 0 Å². The molecule has 0 aliphatic heterocycles. The maximum absolute atomic E-state index is 9.85. The minimum atomic E-state index is -0.431. The molecule has 0 radical (unpaired) electrons. The summed E-state index contributed by atoms with van der Waals surface area (Å²) in [5.74, 6) is 0. The first kappa shape index (κ1) is 13.4. The Morgan fingerprint density at radius 3 is 2.75 bits per heavy atom. The first-order chi connectivity index (χ1) is 7.38. The van der Waals surface area contributed by atoms with Crippen LogP contribution >= 0.6 is 11.6 Å². The largest absolute Gasteiger partial charge is 0.391 e. The van der Waals surface area contributed by atoms with E-state index in [0.29, 0.717) is 18.0 Å². The molecule has 1 rings (SSSR count). The molecule has 1 atom stereocenters. The minimum absolute atomic E-state index is 0.0169. The topological polar surface area (TPSA) is 45.1 Å². The van der Waals surface area contributed by atoms with Gasteiger partial charge in [0.25, 0.3) is 0 Å². The van der Waals surface area contributed by atoms with Gasteiger partial charge in [-0.3, -0.25) is 4.98 Å². The number of pyridine rings is 1. The number of aliphatic hydroxyl groups is 1. The standard InChI is InChI=1S/C12H19ClN2O/c1-12(2,3)15-7-10(16)6-9-4-5-14-8-11(9)13/h4-5,8,10,15-16H,6-7H2,1-3H3. The summed E-state index contributed by atoms with van der Waals surface area (Å²) in [6.07, 6.45) is 3.40. The molecule has 0 saturated heterocycles. The van der Waals surface area contributed by atoms with Crippen LogP contribution in [0.3, 0.4) is 0 Å². The zero-order valence-electron chi connectivity index (χ0n) is 10.00. The van der Waals surface area contributed by atoms with Gasteiger partial charge in [0.05, 0.1) is 11.1 Å². The summed E-state index contributed by atoms with van der Waals surface area (Å²) in [5.41, 5.74) is 0.947. The van der Waals surface area contributed by atoms with Crippen molar-refractivity contribution < 1.29 is 5.11 Å². The monoisotopic (exact) mass is 242 g/mol. The van der Waals surface area contributed by atoms with Crippen molar-refractivity contribution >= 4 is 11.6 Å². The molecule has 4 heteroatoms. The summed E-state index contributed by atoms with van der Waals surface area (Å²) in [4.78, 5) is 3.91. The van der Waals surface area contributed by atoms with E-state index < -0.39 is 6.10 Å². The highest BCUT2D eigenvalue weighted by Crippen LogP contribution is 2.15. The highest BCUT2D eigenvalue weighted by atomic mass is 35.5. The molecule has 0 spiro atoms. The molecule has 0 aromatic carbocycles. The Hall–Kier alpha value is -0.640. The first-order valence-electron chi connectivity index (χ1n) is 5.40. The molecule has 1 aromatic heterocycles. The molecule has 1 aromatic rings. The number of aliphatic hydroxyl groups excluding tert-OH is 1. The summed E-state index contributed by atoms with van der Waals surface area (Å²) in [6, 6.07) is 1.84. The van der Waals surface area contributed by atoms with Crippen LogP contribution in [0.5, 0.6) is 0 Å². The van der Waals surface area contributed by atoms with Gasteiger partial charge in [0.2, 0.25) is 0 Å². The molecule has 90 valence electrons. The van der Waals surface area contributed by atoms with Gasteiger partial charge in [0, 0.05) is 30.9 Å². The lowest BCUT2D eigenvalue weighted by molar-refractivity contribution is 0.161. The molecule has 1 unspecified atom stereocenters. The lowest BCUT2D eigenvalue weighted by Crippen LogP contribution is -2.41. The molecule has 0 saturated carbocycles. The zero-order valence-corrected chi connectivity index (χ0v) is 10.8. The average molecular weight is 243 g/mol. The van der Waals surface area contributed by atoms with E-state index in [2.05, 4.69) is 31.1 Å². The van der Waals surface area contributed by atoms with Crippen LogP contribution in [0.25, 0.3) is 0 Å². The number of rotatable bonds is 4. The summed E-state index contributed by atoms with van der Waals surface area (Å²) in [5, 5.41) is 13.7. The van der Waals surface area contributed by atoms with Gasteiger partial charge in [-0.1, -0.05) is 11.6 Å². The lowest BCUT2D eigenvalue weighted by atomic mass is 10.1. The Kier molecular flexibility index (Phi) is 4.71. The van der Waals surface area contributed by atoms with Crippen LogP contribution in [0.15, 0.2) is 18.5 Å². The number of nitrogens with zero attached hydrogens (tertiary/aromatic N) is 1. The Morgan fingerprint density at radius 1 is 1.50 bits per heavy atom. The van der Waals surface area contributed by atoms with Gasteiger partial charge in [-0.2, -0.15) is 0 Å². The van der Waals surface area contributed by atoms with Crippen LogP contribution in [0.2, 0.25) is 5.02 Å². The predicted molar refractivity (Wildman–Crippen MR) is 66.7 cm³/mol. The Bertz CT molecular complexity index is 336. The van der Waals surface area contributed by atoms with Gasteiger partial charge in [-0.15, -0.1) is 0 Å². The number of halogens is 1.